The monoisotopic (exact) mass is 329 g/mol. The van der Waals surface area contributed by atoms with Gasteiger partial charge in [-0.3, -0.25) is 4.99 Å². The van der Waals surface area contributed by atoms with Crippen molar-refractivity contribution in [1.82, 2.24) is 0 Å². The zero-order chi connectivity index (χ0) is 16.4. The Morgan fingerprint density at radius 2 is 1.54 bits per heavy atom. The number of aliphatic imine (C=N–C) groups is 1. The van der Waals surface area contributed by atoms with Crippen LogP contribution in [0.5, 0.6) is 0 Å². The predicted molar refractivity (Wildman–Crippen MR) is 103 cm³/mol. The highest BCUT2D eigenvalue weighted by Gasteiger charge is 2.22. The molecule has 0 aromatic heterocycles. The number of rotatable bonds is 2. The normalized spacial score (nSPS) is 16.9. The average Bonchev–Trinajstić information content (AvgIpc) is 2.83. The number of hydrogen-bond donors (Lipinski definition) is 0. The molecule has 0 aliphatic carbocycles. The summed E-state index contributed by atoms with van der Waals surface area (Å²) in [4.78, 5) is 6.26. The van der Waals surface area contributed by atoms with Gasteiger partial charge in [-0.1, -0.05) is 72.3 Å². The van der Waals surface area contributed by atoms with Crippen LogP contribution in [-0.2, 0) is 0 Å². The maximum absolute atomic E-state index is 5.00. The third-order valence-electron chi connectivity index (χ3n) is 4.32. The van der Waals surface area contributed by atoms with Crippen LogP contribution in [0.1, 0.15) is 28.4 Å². The van der Waals surface area contributed by atoms with Gasteiger partial charge < -0.3 is 0 Å². The number of nitrogens with zero attached hydrogens (tertiary/aromatic N) is 1. The average molecular weight is 329 g/mol. The third-order valence-corrected chi connectivity index (χ3v) is 5.65. The van der Waals surface area contributed by atoms with Crippen LogP contribution >= 0.6 is 11.8 Å². The van der Waals surface area contributed by atoms with Crippen molar-refractivity contribution in [2.75, 3.05) is 0 Å². The minimum absolute atomic E-state index is 0.383. The largest absolute Gasteiger partial charge is 0.252 e. The maximum Gasteiger partial charge on any atom is 0.0769 e. The van der Waals surface area contributed by atoms with Crippen molar-refractivity contribution in [1.29, 1.82) is 0 Å². The molecule has 0 amide bonds. The summed E-state index contributed by atoms with van der Waals surface area (Å²) in [5.74, 6) is 0. The lowest BCUT2D eigenvalue weighted by atomic mass is 10.0. The molecule has 3 aromatic carbocycles. The van der Waals surface area contributed by atoms with E-state index >= 15 is 0 Å². The first-order chi connectivity index (χ1) is 11.8. The maximum atomic E-state index is 5.00. The molecule has 1 nitrogen and oxygen atoms in total. The van der Waals surface area contributed by atoms with Crippen molar-refractivity contribution >= 4 is 23.2 Å². The molecule has 1 heterocycles. The van der Waals surface area contributed by atoms with Crippen LogP contribution in [0.25, 0.3) is 0 Å². The van der Waals surface area contributed by atoms with Gasteiger partial charge in [-0.15, -0.1) is 11.8 Å². The standard InChI is InChI=1S/C22H19NS/c1-16-11-13-18(14-12-16)22-15-20(17-7-3-2-4-8-17)23-19-9-5-6-10-21(19)24-22/h2-14,22H,15H2,1H3/t22-/m0/s1. The van der Waals surface area contributed by atoms with Gasteiger partial charge in [-0.25, -0.2) is 0 Å². The fourth-order valence-corrected chi connectivity index (χ4v) is 4.22. The Bertz CT molecular complexity index is 866. The van der Waals surface area contributed by atoms with Gasteiger partial charge in [0.1, 0.15) is 0 Å². The number of aryl methyl sites for hydroxylation is 1. The Morgan fingerprint density at radius 1 is 0.833 bits per heavy atom. The van der Waals surface area contributed by atoms with E-state index in [2.05, 4.69) is 85.8 Å². The van der Waals surface area contributed by atoms with Crippen LogP contribution in [-0.4, -0.2) is 5.71 Å². The van der Waals surface area contributed by atoms with Crippen LogP contribution in [0, 0.1) is 6.92 Å². The van der Waals surface area contributed by atoms with Gasteiger partial charge in [0.05, 0.1) is 5.69 Å². The van der Waals surface area contributed by atoms with Gasteiger partial charge >= 0.3 is 0 Å². The highest BCUT2D eigenvalue weighted by Crippen LogP contribution is 2.45. The second-order valence-electron chi connectivity index (χ2n) is 6.11. The van der Waals surface area contributed by atoms with Crippen molar-refractivity contribution in [3.05, 3.63) is 95.6 Å². The molecule has 0 fully saturated rings. The fourth-order valence-electron chi connectivity index (χ4n) is 2.99. The molecule has 1 aliphatic heterocycles. The molecule has 0 radical (unpaired) electrons. The number of fused-ring (bicyclic) bond motifs is 1. The predicted octanol–water partition coefficient (Wildman–Crippen LogP) is 6.35. The number of hydrogen-bond acceptors (Lipinski definition) is 2. The first kappa shape index (κ1) is 15.2. The summed E-state index contributed by atoms with van der Waals surface area (Å²) in [7, 11) is 0. The fraction of sp³-hybridized carbons (Fsp3) is 0.136. The minimum Gasteiger partial charge on any atom is -0.252 e. The zero-order valence-electron chi connectivity index (χ0n) is 13.6. The number of benzene rings is 3. The topological polar surface area (TPSA) is 12.4 Å². The smallest absolute Gasteiger partial charge is 0.0769 e. The number of thioether (sulfide) groups is 1. The molecule has 1 aliphatic rings. The van der Waals surface area contributed by atoms with Gasteiger partial charge in [-0.05, 0) is 30.2 Å². The lowest BCUT2D eigenvalue weighted by Gasteiger charge is -2.16. The second kappa shape index (κ2) is 6.66. The van der Waals surface area contributed by atoms with E-state index in [-0.39, 0.29) is 0 Å². The van der Waals surface area contributed by atoms with E-state index in [9.17, 15) is 0 Å². The molecule has 4 rings (SSSR count). The summed E-state index contributed by atoms with van der Waals surface area (Å²) in [6, 6.07) is 27.9. The Hall–Kier alpha value is -2.32. The minimum atomic E-state index is 0.383. The summed E-state index contributed by atoms with van der Waals surface area (Å²) >= 11 is 1.92. The van der Waals surface area contributed by atoms with Gasteiger partial charge in [0.15, 0.2) is 0 Å². The molecule has 118 valence electrons. The molecule has 1 atom stereocenters. The molecule has 24 heavy (non-hydrogen) atoms. The van der Waals surface area contributed by atoms with Gasteiger partial charge in [0, 0.05) is 22.3 Å². The first-order valence-electron chi connectivity index (χ1n) is 8.25. The van der Waals surface area contributed by atoms with Crippen LogP contribution in [0.2, 0.25) is 0 Å². The first-order valence-corrected chi connectivity index (χ1v) is 9.13. The van der Waals surface area contributed by atoms with E-state index in [1.54, 1.807) is 0 Å². The van der Waals surface area contributed by atoms with Crippen molar-refractivity contribution in [3.8, 4) is 0 Å². The molecule has 0 spiro atoms. The zero-order valence-corrected chi connectivity index (χ0v) is 14.5. The molecule has 0 saturated carbocycles. The van der Waals surface area contributed by atoms with E-state index in [1.807, 2.05) is 11.8 Å². The summed E-state index contributed by atoms with van der Waals surface area (Å²) < 4.78 is 0. The van der Waals surface area contributed by atoms with Crippen LogP contribution in [0.3, 0.4) is 0 Å². The highest BCUT2D eigenvalue weighted by atomic mass is 32.2. The number of para-hydroxylation sites is 1. The van der Waals surface area contributed by atoms with Crippen molar-refractivity contribution in [3.63, 3.8) is 0 Å². The Morgan fingerprint density at radius 3 is 2.33 bits per heavy atom. The Labute approximate surface area is 147 Å². The highest BCUT2D eigenvalue weighted by molar-refractivity contribution is 7.99. The third kappa shape index (κ3) is 3.15. The van der Waals surface area contributed by atoms with E-state index in [1.165, 1.54) is 27.3 Å². The van der Waals surface area contributed by atoms with Crippen LogP contribution < -0.4 is 0 Å². The van der Waals surface area contributed by atoms with Crippen LogP contribution in [0.4, 0.5) is 5.69 Å². The van der Waals surface area contributed by atoms with Gasteiger partial charge in [-0.2, -0.15) is 0 Å². The van der Waals surface area contributed by atoms with E-state index < -0.39 is 0 Å². The van der Waals surface area contributed by atoms with Gasteiger partial charge in [0.2, 0.25) is 0 Å². The molecule has 0 unspecified atom stereocenters. The molecule has 0 bridgehead atoms. The molecule has 0 saturated heterocycles. The summed E-state index contributed by atoms with van der Waals surface area (Å²) in [5, 5.41) is 0.383. The van der Waals surface area contributed by atoms with Gasteiger partial charge in [0.25, 0.3) is 0 Å². The van der Waals surface area contributed by atoms with E-state index in [0.29, 0.717) is 5.25 Å². The van der Waals surface area contributed by atoms with E-state index in [0.717, 1.165) is 12.1 Å². The lowest BCUT2D eigenvalue weighted by Crippen LogP contribution is -2.05. The quantitative estimate of drug-likeness (QED) is 0.533. The van der Waals surface area contributed by atoms with Crippen molar-refractivity contribution < 1.29 is 0 Å². The Kier molecular flexibility index (Phi) is 4.22. The Balaban J connectivity index is 1.79. The summed E-state index contributed by atoms with van der Waals surface area (Å²) in [5.41, 5.74) is 6.13. The van der Waals surface area contributed by atoms with Crippen molar-refractivity contribution in [2.45, 2.75) is 23.5 Å². The second-order valence-corrected chi connectivity index (χ2v) is 7.36. The SMILES string of the molecule is Cc1ccc([C@@H]2CC(c3ccccc3)=Nc3ccccc3S2)cc1. The molecule has 3 aromatic rings. The molecule has 0 N–H and O–H groups in total. The summed E-state index contributed by atoms with van der Waals surface area (Å²) in [6.45, 7) is 2.14. The molecular formula is C22H19NS. The van der Waals surface area contributed by atoms with Crippen molar-refractivity contribution in [2.24, 2.45) is 4.99 Å². The lowest BCUT2D eigenvalue weighted by molar-refractivity contribution is 1.01. The van der Waals surface area contributed by atoms with Crippen LogP contribution in [0.15, 0.2) is 88.8 Å². The van der Waals surface area contributed by atoms with E-state index in [4.69, 9.17) is 4.99 Å². The summed E-state index contributed by atoms with van der Waals surface area (Å²) in [6.07, 6.45) is 0.937. The molecular weight excluding hydrogens is 310 g/mol. The molecule has 2 heteroatoms.